The number of fused-ring (bicyclic) bond motifs is 1. The molecule has 2 aromatic heterocycles. The van der Waals surface area contributed by atoms with Gasteiger partial charge < -0.3 is 5.73 Å². The number of hydrogen-bond donors (Lipinski definition) is 1. The molecule has 0 aliphatic rings. The smallest absolute Gasteiger partial charge is 0.369 e. The normalized spacial score (nSPS) is 11.9. The predicted octanol–water partition coefficient (Wildman–Crippen LogP) is 3.02. The van der Waals surface area contributed by atoms with E-state index in [2.05, 4.69) is 9.97 Å². The number of nitrogens with two attached hydrogens (primary N) is 1. The molecule has 0 fully saturated rings. The van der Waals surface area contributed by atoms with Crippen molar-refractivity contribution >= 4 is 17.1 Å². The maximum absolute atomic E-state index is 12.5. The van der Waals surface area contributed by atoms with Gasteiger partial charge in [-0.2, -0.15) is 13.2 Å². The Balaban J connectivity index is 2.14. The number of benzene rings is 1. The van der Waals surface area contributed by atoms with Gasteiger partial charge >= 0.3 is 6.18 Å². The molecule has 0 aliphatic carbocycles. The fourth-order valence-corrected chi connectivity index (χ4v) is 1.98. The van der Waals surface area contributed by atoms with Crippen LogP contribution in [0.25, 0.3) is 16.9 Å². The Kier molecular flexibility index (Phi) is 2.63. The minimum Gasteiger partial charge on any atom is -0.369 e. The zero-order valence-corrected chi connectivity index (χ0v) is 10.1. The van der Waals surface area contributed by atoms with E-state index in [0.29, 0.717) is 16.9 Å². The van der Waals surface area contributed by atoms with Crippen LogP contribution in [0.2, 0.25) is 0 Å². The van der Waals surface area contributed by atoms with Gasteiger partial charge in [0.15, 0.2) is 5.65 Å². The van der Waals surface area contributed by atoms with Crippen LogP contribution >= 0.6 is 0 Å². The Morgan fingerprint density at radius 1 is 1.05 bits per heavy atom. The summed E-state index contributed by atoms with van der Waals surface area (Å²) in [5.41, 5.74) is 6.66. The predicted molar refractivity (Wildman–Crippen MR) is 68.3 cm³/mol. The van der Waals surface area contributed by atoms with Crippen LogP contribution in [0.3, 0.4) is 0 Å². The van der Waals surface area contributed by atoms with Gasteiger partial charge in [-0.25, -0.2) is 9.97 Å². The van der Waals surface area contributed by atoms with Gasteiger partial charge in [-0.05, 0) is 36.4 Å². The molecular formula is C13H9F3N4. The summed E-state index contributed by atoms with van der Waals surface area (Å²) < 4.78 is 39.1. The van der Waals surface area contributed by atoms with Crippen LogP contribution < -0.4 is 5.73 Å². The van der Waals surface area contributed by atoms with E-state index in [1.54, 1.807) is 18.3 Å². The number of hydrogen-bond acceptors (Lipinski definition) is 3. The highest BCUT2D eigenvalue weighted by Crippen LogP contribution is 2.30. The highest BCUT2D eigenvalue weighted by molar-refractivity contribution is 5.76. The van der Waals surface area contributed by atoms with Gasteiger partial charge in [-0.3, -0.25) is 4.57 Å². The average molecular weight is 278 g/mol. The van der Waals surface area contributed by atoms with Crippen molar-refractivity contribution in [2.75, 3.05) is 5.73 Å². The summed E-state index contributed by atoms with van der Waals surface area (Å²) in [5.74, 6) is 0.179. The number of imidazole rings is 1. The molecule has 0 bridgehead atoms. The third-order valence-corrected chi connectivity index (χ3v) is 2.89. The third-order valence-electron chi connectivity index (χ3n) is 2.89. The molecule has 7 heteroatoms. The van der Waals surface area contributed by atoms with Crippen LogP contribution in [0.15, 0.2) is 42.6 Å². The maximum atomic E-state index is 12.5. The summed E-state index contributed by atoms with van der Waals surface area (Å²) >= 11 is 0. The van der Waals surface area contributed by atoms with Gasteiger partial charge in [0.05, 0.1) is 11.3 Å². The van der Waals surface area contributed by atoms with Gasteiger partial charge in [0, 0.05) is 6.20 Å². The number of alkyl halides is 3. The Bertz CT molecular complexity index is 759. The summed E-state index contributed by atoms with van der Waals surface area (Å²) in [7, 11) is 0. The van der Waals surface area contributed by atoms with E-state index in [1.807, 2.05) is 0 Å². The molecule has 2 heterocycles. The molecule has 2 N–H and O–H groups in total. The lowest BCUT2D eigenvalue weighted by Gasteiger charge is -2.09. The number of pyridine rings is 1. The van der Waals surface area contributed by atoms with Crippen LogP contribution in [0.5, 0.6) is 0 Å². The molecule has 20 heavy (non-hydrogen) atoms. The number of nitrogens with zero attached hydrogens (tertiary/aromatic N) is 3. The number of nitrogen functional groups attached to an aromatic ring is 1. The second-order valence-corrected chi connectivity index (χ2v) is 4.20. The highest BCUT2D eigenvalue weighted by atomic mass is 19.4. The second kappa shape index (κ2) is 4.22. The van der Waals surface area contributed by atoms with E-state index in [4.69, 9.17) is 5.73 Å². The Hall–Kier alpha value is -2.57. The van der Waals surface area contributed by atoms with Crippen molar-refractivity contribution in [2.24, 2.45) is 0 Å². The fourth-order valence-electron chi connectivity index (χ4n) is 1.98. The Labute approximate surface area is 111 Å². The monoisotopic (exact) mass is 278 g/mol. The van der Waals surface area contributed by atoms with Crippen molar-refractivity contribution in [1.82, 2.24) is 14.5 Å². The van der Waals surface area contributed by atoms with Crippen LogP contribution in [-0.2, 0) is 6.18 Å². The second-order valence-electron chi connectivity index (χ2n) is 4.20. The van der Waals surface area contributed by atoms with Crippen molar-refractivity contribution in [2.45, 2.75) is 6.18 Å². The molecule has 0 atom stereocenters. The Morgan fingerprint density at radius 2 is 1.75 bits per heavy atom. The Morgan fingerprint density at radius 3 is 2.40 bits per heavy atom. The van der Waals surface area contributed by atoms with E-state index in [1.165, 1.54) is 16.7 Å². The first-order chi connectivity index (χ1) is 9.47. The van der Waals surface area contributed by atoms with Gasteiger partial charge in [-0.15, -0.1) is 0 Å². The minimum atomic E-state index is -4.36. The summed E-state index contributed by atoms with van der Waals surface area (Å²) in [6.45, 7) is 0. The van der Waals surface area contributed by atoms with Crippen molar-refractivity contribution in [3.8, 4) is 5.69 Å². The van der Waals surface area contributed by atoms with E-state index in [-0.39, 0.29) is 5.95 Å². The molecule has 4 nitrogen and oxygen atoms in total. The topological polar surface area (TPSA) is 56.7 Å². The molecular weight excluding hydrogens is 269 g/mol. The summed E-state index contributed by atoms with van der Waals surface area (Å²) in [5, 5.41) is 0. The molecule has 0 saturated carbocycles. The highest BCUT2D eigenvalue weighted by Gasteiger charge is 2.30. The molecule has 3 rings (SSSR count). The van der Waals surface area contributed by atoms with Crippen molar-refractivity contribution in [3.63, 3.8) is 0 Å². The van der Waals surface area contributed by atoms with E-state index in [0.717, 1.165) is 12.1 Å². The lowest BCUT2D eigenvalue weighted by Crippen LogP contribution is -2.06. The zero-order chi connectivity index (χ0) is 14.3. The minimum absolute atomic E-state index is 0.179. The molecule has 0 aliphatic heterocycles. The summed E-state index contributed by atoms with van der Waals surface area (Å²) in [4.78, 5) is 8.26. The van der Waals surface area contributed by atoms with Gasteiger partial charge in [0.2, 0.25) is 5.95 Å². The van der Waals surface area contributed by atoms with Crippen LogP contribution in [0.4, 0.5) is 19.1 Å². The number of rotatable bonds is 1. The van der Waals surface area contributed by atoms with Crippen LogP contribution in [0.1, 0.15) is 5.56 Å². The van der Waals surface area contributed by atoms with Crippen molar-refractivity contribution < 1.29 is 13.2 Å². The molecule has 0 spiro atoms. The number of anilines is 1. The molecule has 0 amide bonds. The first-order valence-corrected chi connectivity index (χ1v) is 5.73. The number of aromatic nitrogens is 3. The van der Waals surface area contributed by atoms with Gasteiger partial charge in [0.1, 0.15) is 5.52 Å². The van der Waals surface area contributed by atoms with Crippen molar-refractivity contribution in [1.29, 1.82) is 0 Å². The van der Waals surface area contributed by atoms with Gasteiger partial charge in [-0.1, -0.05) is 0 Å². The molecule has 1 aromatic carbocycles. The van der Waals surface area contributed by atoms with E-state index in [9.17, 15) is 13.2 Å². The molecule has 3 aromatic rings. The lowest BCUT2D eigenvalue weighted by molar-refractivity contribution is -0.137. The first kappa shape index (κ1) is 12.5. The molecule has 0 saturated heterocycles. The summed E-state index contributed by atoms with van der Waals surface area (Å²) in [6, 6.07) is 8.14. The van der Waals surface area contributed by atoms with Crippen LogP contribution in [0, 0.1) is 0 Å². The van der Waals surface area contributed by atoms with Crippen LogP contribution in [-0.4, -0.2) is 14.5 Å². The lowest BCUT2D eigenvalue weighted by atomic mass is 10.2. The van der Waals surface area contributed by atoms with E-state index >= 15 is 0 Å². The molecule has 0 radical (unpaired) electrons. The quantitative estimate of drug-likeness (QED) is 0.744. The molecule has 0 unspecified atom stereocenters. The van der Waals surface area contributed by atoms with E-state index < -0.39 is 11.7 Å². The average Bonchev–Trinajstić information content (AvgIpc) is 2.73. The van der Waals surface area contributed by atoms with Crippen molar-refractivity contribution in [3.05, 3.63) is 48.2 Å². The summed E-state index contributed by atoms with van der Waals surface area (Å²) in [6.07, 6.45) is -2.79. The first-order valence-electron chi connectivity index (χ1n) is 5.73. The standard InChI is InChI=1S/C13H9F3N4/c14-13(15,16)8-3-5-9(6-4-8)20-11-10(19-12(20)17)2-1-7-18-11/h1-7H,(H2,17,19). The fraction of sp³-hybridized carbons (Fsp3) is 0.0769. The third kappa shape index (κ3) is 1.97. The molecule has 102 valence electrons. The largest absolute Gasteiger partial charge is 0.416 e. The number of halogens is 3. The zero-order valence-electron chi connectivity index (χ0n) is 10.1. The van der Waals surface area contributed by atoms with Gasteiger partial charge in [0.25, 0.3) is 0 Å². The SMILES string of the molecule is Nc1nc2cccnc2n1-c1ccc(C(F)(F)F)cc1. The maximum Gasteiger partial charge on any atom is 0.416 e.